The number of carbonyl (C=O) groups is 1. The number of nitrogens with zero attached hydrogens (tertiary/aromatic N) is 2. The Bertz CT molecular complexity index is 465. The number of amides is 1. The Kier molecular flexibility index (Phi) is 6.04. The third-order valence-electron chi connectivity index (χ3n) is 3.24. The van der Waals surface area contributed by atoms with Gasteiger partial charge in [-0.3, -0.25) is 9.69 Å². The van der Waals surface area contributed by atoms with Crippen LogP contribution in [0.5, 0.6) is 0 Å². The SMILES string of the molecule is CCC(C)N(CC)CC(=O)Nc1cccc(C#N)c1. The van der Waals surface area contributed by atoms with E-state index >= 15 is 0 Å². The first-order valence-electron chi connectivity index (χ1n) is 6.64. The van der Waals surface area contributed by atoms with E-state index in [1.807, 2.05) is 0 Å². The van der Waals surface area contributed by atoms with Gasteiger partial charge in [-0.2, -0.15) is 5.26 Å². The fraction of sp³-hybridized carbons (Fsp3) is 0.467. The van der Waals surface area contributed by atoms with Crippen LogP contribution >= 0.6 is 0 Å². The van der Waals surface area contributed by atoms with Gasteiger partial charge in [-0.25, -0.2) is 0 Å². The predicted octanol–water partition coefficient (Wildman–Crippen LogP) is 2.62. The number of hydrogen-bond donors (Lipinski definition) is 1. The maximum Gasteiger partial charge on any atom is 0.238 e. The molecule has 0 saturated heterocycles. The van der Waals surface area contributed by atoms with Crippen LogP contribution < -0.4 is 5.32 Å². The lowest BCUT2D eigenvalue weighted by atomic mass is 10.2. The van der Waals surface area contributed by atoms with E-state index in [0.29, 0.717) is 23.8 Å². The standard InChI is InChI=1S/C15H21N3O/c1-4-12(3)18(5-2)11-15(19)17-14-8-6-7-13(9-14)10-16/h6-9,12H,4-5,11H2,1-3H3,(H,17,19). The zero-order valence-electron chi connectivity index (χ0n) is 11.8. The molecule has 4 nitrogen and oxygen atoms in total. The van der Waals surface area contributed by atoms with E-state index < -0.39 is 0 Å². The van der Waals surface area contributed by atoms with Crippen molar-refractivity contribution in [1.29, 1.82) is 5.26 Å². The molecule has 0 bridgehead atoms. The van der Waals surface area contributed by atoms with E-state index in [4.69, 9.17) is 5.26 Å². The van der Waals surface area contributed by atoms with Crippen molar-refractivity contribution in [3.63, 3.8) is 0 Å². The number of hydrogen-bond acceptors (Lipinski definition) is 3. The van der Waals surface area contributed by atoms with Crippen LogP contribution in [0.1, 0.15) is 32.8 Å². The number of nitrogens with one attached hydrogen (secondary N) is 1. The smallest absolute Gasteiger partial charge is 0.238 e. The van der Waals surface area contributed by atoms with Gasteiger partial charge in [0.1, 0.15) is 0 Å². The second-order valence-corrected chi connectivity index (χ2v) is 4.56. The lowest BCUT2D eigenvalue weighted by Gasteiger charge is -2.26. The van der Waals surface area contributed by atoms with Gasteiger partial charge in [0.15, 0.2) is 0 Å². The molecule has 4 heteroatoms. The van der Waals surface area contributed by atoms with Crippen molar-refractivity contribution in [3.8, 4) is 6.07 Å². The molecule has 0 aromatic heterocycles. The second-order valence-electron chi connectivity index (χ2n) is 4.56. The monoisotopic (exact) mass is 259 g/mol. The summed E-state index contributed by atoms with van der Waals surface area (Å²) in [6.07, 6.45) is 1.02. The molecule has 1 unspecified atom stereocenters. The minimum Gasteiger partial charge on any atom is -0.325 e. The molecule has 0 aliphatic rings. The fourth-order valence-electron chi connectivity index (χ4n) is 1.89. The van der Waals surface area contributed by atoms with E-state index in [1.165, 1.54) is 0 Å². The van der Waals surface area contributed by atoms with Crippen molar-refractivity contribution in [3.05, 3.63) is 29.8 Å². The first-order valence-corrected chi connectivity index (χ1v) is 6.64. The summed E-state index contributed by atoms with van der Waals surface area (Å²) < 4.78 is 0. The summed E-state index contributed by atoms with van der Waals surface area (Å²) in [5, 5.41) is 11.6. The molecule has 1 aromatic rings. The molecule has 0 aliphatic carbocycles. The zero-order valence-corrected chi connectivity index (χ0v) is 11.8. The van der Waals surface area contributed by atoms with Crippen LogP contribution in [-0.4, -0.2) is 29.9 Å². The van der Waals surface area contributed by atoms with Crippen molar-refractivity contribution in [2.24, 2.45) is 0 Å². The van der Waals surface area contributed by atoms with E-state index in [9.17, 15) is 4.79 Å². The molecule has 102 valence electrons. The molecule has 0 heterocycles. The molecule has 1 N–H and O–H groups in total. The van der Waals surface area contributed by atoms with Crippen molar-refractivity contribution in [2.75, 3.05) is 18.4 Å². The Morgan fingerprint density at radius 3 is 2.79 bits per heavy atom. The summed E-state index contributed by atoms with van der Waals surface area (Å²) in [6, 6.07) is 9.40. The number of benzene rings is 1. The molecule has 0 radical (unpaired) electrons. The highest BCUT2D eigenvalue weighted by molar-refractivity contribution is 5.92. The maximum atomic E-state index is 12.0. The Morgan fingerprint density at radius 1 is 1.47 bits per heavy atom. The topological polar surface area (TPSA) is 56.1 Å². The van der Waals surface area contributed by atoms with Gasteiger partial charge in [0.25, 0.3) is 0 Å². The van der Waals surface area contributed by atoms with Crippen molar-refractivity contribution in [2.45, 2.75) is 33.2 Å². The van der Waals surface area contributed by atoms with Crippen LogP contribution in [0.15, 0.2) is 24.3 Å². The van der Waals surface area contributed by atoms with Gasteiger partial charge < -0.3 is 5.32 Å². The van der Waals surface area contributed by atoms with Crippen molar-refractivity contribution >= 4 is 11.6 Å². The van der Waals surface area contributed by atoms with Gasteiger partial charge in [0.2, 0.25) is 5.91 Å². The third-order valence-corrected chi connectivity index (χ3v) is 3.24. The van der Waals surface area contributed by atoms with Gasteiger partial charge >= 0.3 is 0 Å². The number of rotatable bonds is 6. The molecule has 1 aromatic carbocycles. The molecule has 19 heavy (non-hydrogen) atoms. The van der Waals surface area contributed by atoms with Crippen LogP contribution in [0.25, 0.3) is 0 Å². The molecule has 0 saturated carbocycles. The van der Waals surface area contributed by atoms with Gasteiger partial charge in [-0.15, -0.1) is 0 Å². The fourth-order valence-corrected chi connectivity index (χ4v) is 1.89. The minimum atomic E-state index is -0.0442. The molecular weight excluding hydrogens is 238 g/mol. The highest BCUT2D eigenvalue weighted by Crippen LogP contribution is 2.10. The average molecular weight is 259 g/mol. The maximum absolute atomic E-state index is 12.0. The first kappa shape index (κ1) is 15.2. The van der Waals surface area contributed by atoms with Crippen molar-refractivity contribution < 1.29 is 4.79 Å². The highest BCUT2D eigenvalue weighted by atomic mass is 16.2. The Morgan fingerprint density at radius 2 is 2.21 bits per heavy atom. The van der Waals surface area contributed by atoms with Gasteiger partial charge in [-0.05, 0) is 38.1 Å². The normalized spacial score (nSPS) is 11.9. The van der Waals surface area contributed by atoms with Crippen LogP contribution in [0.2, 0.25) is 0 Å². The van der Waals surface area contributed by atoms with Gasteiger partial charge in [0, 0.05) is 11.7 Å². The van der Waals surface area contributed by atoms with E-state index in [1.54, 1.807) is 24.3 Å². The van der Waals surface area contributed by atoms with Crippen LogP contribution in [-0.2, 0) is 4.79 Å². The number of anilines is 1. The quantitative estimate of drug-likeness (QED) is 0.854. The summed E-state index contributed by atoms with van der Waals surface area (Å²) in [7, 11) is 0. The molecule has 0 spiro atoms. The van der Waals surface area contributed by atoms with E-state index in [-0.39, 0.29) is 5.91 Å². The predicted molar refractivity (Wildman–Crippen MR) is 76.8 cm³/mol. The second kappa shape index (κ2) is 7.55. The molecular formula is C15H21N3O. The van der Waals surface area contributed by atoms with E-state index in [0.717, 1.165) is 13.0 Å². The lowest BCUT2D eigenvalue weighted by Crippen LogP contribution is -2.39. The molecule has 0 aliphatic heterocycles. The van der Waals surface area contributed by atoms with Crippen LogP contribution in [0, 0.1) is 11.3 Å². The van der Waals surface area contributed by atoms with Crippen LogP contribution in [0.4, 0.5) is 5.69 Å². The Hall–Kier alpha value is -1.86. The molecule has 0 fully saturated rings. The summed E-state index contributed by atoms with van der Waals surface area (Å²) in [6.45, 7) is 7.51. The summed E-state index contributed by atoms with van der Waals surface area (Å²) in [5.74, 6) is -0.0442. The van der Waals surface area contributed by atoms with Gasteiger partial charge in [-0.1, -0.05) is 19.9 Å². The average Bonchev–Trinajstić information content (AvgIpc) is 2.44. The Labute approximate surface area is 115 Å². The summed E-state index contributed by atoms with van der Waals surface area (Å²) in [5.41, 5.74) is 1.22. The Balaban J connectivity index is 2.61. The summed E-state index contributed by atoms with van der Waals surface area (Å²) in [4.78, 5) is 14.1. The molecule has 1 rings (SSSR count). The van der Waals surface area contributed by atoms with Crippen LogP contribution in [0.3, 0.4) is 0 Å². The molecule has 1 amide bonds. The van der Waals surface area contributed by atoms with E-state index in [2.05, 4.69) is 37.1 Å². The van der Waals surface area contributed by atoms with Gasteiger partial charge in [0.05, 0.1) is 18.2 Å². The summed E-state index contributed by atoms with van der Waals surface area (Å²) >= 11 is 0. The number of likely N-dealkylation sites (N-methyl/N-ethyl adjacent to an activating group) is 1. The number of nitriles is 1. The third kappa shape index (κ3) is 4.72. The lowest BCUT2D eigenvalue weighted by molar-refractivity contribution is -0.117. The largest absolute Gasteiger partial charge is 0.325 e. The number of carbonyl (C=O) groups excluding carboxylic acids is 1. The molecule has 1 atom stereocenters. The highest BCUT2D eigenvalue weighted by Gasteiger charge is 2.14. The van der Waals surface area contributed by atoms with Crippen molar-refractivity contribution in [1.82, 2.24) is 4.90 Å². The first-order chi connectivity index (χ1) is 9.10. The minimum absolute atomic E-state index is 0.0442. The zero-order chi connectivity index (χ0) is 14.3.